The molecule has 1 fully saturated rings. The van der Waals surface area contributed by atoms with Crippen molar-refractivity contribution in [2.75, 3.05) is 18.0 Å². The van der Waals surface area contributed by atoms with Gasteiger partial charge in [-0.05, 0) is 50.3 Å². The Morgan fingerprint density at radius 1 is 1.37 bits per heavy atom. The van der Waals surface area contributed by atoms with Gasteiger partial charge in [-0.3, -0.25) is 14.8 Å². The van der Waals surface area contributed by atoms with Crippen LogP contribution in [-0.4, -0.2) is 41.4 Å². The summed E-state index contributed by atoms with van der Waals surface area (Å²) in [6.07, 6.45) is 2.68. The lowest BCUT2D eigenvalue weighted by Gasteiger charge is -2.15. The summed E-state index contributed by atoms with van der Waals surface area (Å²) in [6, 6.07) is 5.98. The lowest BCUT2D eigenvalue weighted by atomic mass is 10.0. The van der Waals surface area contributed by atoms with Crippen molar-refractivity contribution >= 4 is 17.7 Å². The molecule has 1 aromatic heterocycles. The molecule has 27 heavy (non-hydrogen) atoms. The number of aryl methyl sites for hydroxylation is 2. The molecular weight excluding hydrogens is 344 g/mol. The molecule has 2 amide bonds. The fourth-order valence-electron chi connectivity index (χ4n) is 3.93. The van der Waals surface area contributed by atoms with Crippen molar-refractivity contribution in [2.24, 2.45) is 0 Å². The molecule has 1 aliphatic heterocycles. The van der Waals surface area contributed by atoms with Gasteiger partial charge in [0.15, 0.2) is 6.10 Å². The van der Waals surface area contributed by atoms with Crippen molar-refractivity contribution in [3.63, 3.8) is 0 Å². The number of hydrogen-bond acceptors (Lipinski definition) is 4. The minimum atomic E-state index is -0.763. The second-order valence-corrected chi connectivity index (χ2v) is 6.96. The summed E-state index contributed by atoms with van der Waals surface area (Å²) < 4.78 is 5.24. The van der Waals surface area contributed by atoms with Crippen LogP contribution in [0.1, 0.15) is 37.1 Å². The van der Waals surface area contributed by atoms with E-state index in [0.717, 1.165) is 42.6 Å². The zero-order chi connectivity index (χ0) is 19.0. The molecule has 7 heteroatoms. The number of aromatic amines is 1. The van der Waals surface area contributed by atoms with Crippen LogP contribution in [0.15, 0.2) is 18.2 Å². The summed E-state index contributed by atoms with van der Waals surface area (Å²) in [4.78, 5) is 25.8. The number of H-pyrrole nitrogens is 1. The van der Waals surface area contributed by atoms with Gasteiger partial charge in [-0.25, -0.2) is 4.79 Å². The topological polar surface area (TPSA) is 87.3 Å². The van der Waals surface area contributed by atoms with E-state index in [1.807, 2.05) is 25.1 Å². The molecule has 7 nitrogen and oxygen atoms in total. The summed E-state index contributed by atoms with van der Waals surface area (Å²) in [7, 11) is 0. The first-order valence-corrected chi connectivity index (χ1v) is 9.57. The number of hydrogen-bond donors (Lipinski definition) is 2. The van der Waals surface area contributed by atoms with Crippen molar-refractivity contribution in [1.29, 1.82) is 0 Å². The van der Waals surface area contributed by atoms with Gasteiger partial charge in [-0.1, -0.05) is 13.0 Å². The van der Waals surface area contributed by atoms with E-state index in [0.29, 0.717) is 6.54 Å². The zero-order valence-corrected chi connectivity index (χ0v) is 15.7. The molecule has 1 saturated heterocycles. The largest absolute Gasteiger partial charge is 0.434 e. The zero-order valence-electron chi connectivity index (χ0n) is 15.7. The minimum absolute atomic E-state index is 0.233. The van der Waals surface area contributed by atoms with Crippen LogP contribution in [0.5, 0.6) is 0 Å². The first-order chi connectivity index (χ1) is 13.1. The summed E-state index contributed by atoms with van der Waals surface area (Å²) in [5.74, 6) is -0.253. The lowest BCUT2D eigenvalue weighted by Crippen LogP contribution is -2.37. The normalized spacial score (nSPS) is 18.5. The van der Waals surface area contributed by atoms with Crippen LogP contribution in [0.2, 0.25) is 0 Å². The molecule has 1 aliphatic carbocycles. The second-order valence-electron chi connectivity index (χ2n) is 6.96. The van der Waals surface area contributed by atoms with Crippen LogP contribution < -0.4 is 10.2 Å². The molecule has 0 radical (unpaired) electrons. The van der Waals surface area contributed by atoms with Crippen LogP contribution in [0.3, 0.4) is 0 Å². The fraction of sp³-hybridized carbons (Fsp3) is 0.450. The number of carbonyl (C=O) groups is 2. The molecular formula is C20H24N4O3. The summed E-state index contributed by atoms with van der Waals surface area (Å²) >= 11 is 0. The van der Waals surface area contributed by atoms with Crippen molar-refractivity contribution in [3.05, 3.63) is 35.0 Å². The summed E-state index contributed by atoms with van der Waals surface area (Å²) in [5, 5.41) is 10.4. The maximum atomic E-state index is 12.3. The Balaban J connectivity index is 1.63. The Morgan fingerprint density at radius 3 is 3.00 bits per heavy atom. The van der Waals surface area contributed by atoms with Crippen LogP contribution >= 0.6 is 0 Å². The van der Waals surface area contributed by atoms with E-state index in [-0.39, 0.29) is 12.5 Å². The van der Waals surface area contributed by atoms with Gasteiger partial charge in [0.1, 0.15) is 0 Å². The molecule has 1 aromatic carbocycles. The Morgan fingerprint density at radius 2 is 2.22 bits per heavy atom. The second kappa shape index (κ2) is 7.06. The monoisotopic (exact) mass is 368 g/mol. The van der Waals surface area contributed by atoms with Gasteiger partial charge in [0.25, 0.3) is 5.91 Å². The van der Waals surface area contributed by atoms with Crippen LogP contribution in [0.4, 0.5) is 10.5 Å². The third-order valence-corrected chi connectivity index (χ3v) is 5.29. The number of likely N-dealkylation sites (N-methyl/N-ethyl adjacent to an activating group) is 1. The van der Waals surface area contributed by atoms with E-state index in [2.05, 4.69) is 22.4 Å². The molecule has 4 rings (SSSR count). The van der Waals surface area contributed by atoms with Gasteiger partial charge >= 0.3 is 6.09 Å². The Bertz CT molecular complexity index is 889. The Labute approximate surface area is 158 Å². The number of cyclic esters (lactones) is 1. The highest BCUT2D eigenvalue weighted by molar-refractivity contribution is 5.96. The quantitative estimate of drug-likeness (QED) is 0.868. The molecule has 0 spiro atoms. The van der Waals surface area contributed by atoms with Gasteiger partial charge in [0.05, 0.1) is 12.2 Å². The van der Waals surface area contributed by atoms with Gasteiger partial charge in [-0.2, -0.15) is 5.10 Å². The van der Waals surface area contributed by atoms with E-state index in [4.69, 9.17) is 4.74 Å². The number of fused-ring (bicyclic) bond motifs is 3. The van der Waals surface area contributed by atoms with E-state index < -0.39 is 12.2 Å². The van der Waals surface area contributed by atoms with Crippen LogP contribution in [0.25, 0.3) is 11.3 Å². The van der Waals surface area contributed by atoms with Crippen molar-refractivity contribution in [2.45, 2.75) is 45.6 Å². The third kappa shape index (κ3) is 3.07. The first-order valence-electron chi connectivity index (χ1n) is 9.57. The number of aromatic nitrogens is 2. The smallest absolute Gasteiger partial charge is 0.415 e. The summed E-state index contributed by atoms with van der Waals surface area (Å²) in [5.41, 5.74) is 6.59. The standard InChI is InChI=1S/C20H24N4O3/c1-3-16-15-7-5-6-12-10-13(8-9-14(12)18(15)23-22-16)24-11-17(27-20(24)26)19(25)21-4-2/h8-10,17H,3-7,11H2,1-2H3,(H,21,25)(H,22,23)/t17-/m1/s1. The van der Waals surface area contributed by atoms with E-state index in [9.17, 15) is 9.59 Å². The molecule has 2 N–H and O–H groups in total. The minimum Gasteiger partial charge on any atom is -0.434 e. The number of ether oxygens (including phenoxy) is 1. The number of anilines is 1. The Kier molecular flexibility index (Phi) is 4.59. The predicted molar refractivity (Wildman–Crippen MR) is 102 cm³/mol. The molecule has 2 aromatic rings. The maximum absolute atomic E-state index is 12.3. The highest BCUT2D eigenvalue weighted by Gasteiger charge is 2.37. The maximum Gasteiger partial charge on any atom is 0.415 e. The fourth-order valence-corrected chi connectivity index (χ4v) is 3.93. The predicted octanol–water partition coefficient (Wildman–Crippen LogP) is 2.59. The van der Waals surface area contributed by atoms with E-state index in [1.165, 1.54) is 21.7 Å². The number of nitrogens with one attached hydrogen (secondary N) is 2. The van der Waals surface area contributed by atoms with Gasteiger partial charge in [0.2, 0.25) is 0 Å². The lowest BCUT2D eigenvalue weighted by molar-refractivity contribution is -0.127. The van der Waals surface area contributed by atoms with Crippen molar-refractivity contribution < 1.29 is 14.3 Å². The highest BCUT2D eigenvalue weighted by Crippen LogP contribution is 2.35. The number of nitrogens with zero attached hydrogens (tertiary/aromatic N) is 2. The van der Waals surface area contributed by atoms with E-state index >= 15 is 0 Å². The highest BCUT2D eigenvalue weighted by atomic mass is 16.6. The number of carbonyl (C=O) groups excluding carboxylic acids is 2. The van der Waals surface area contributed by atoms with Gasteiger partial charge in [0, 0.05) is 29.1 Å². The molecule has 0 unspecified atom stereocenters. The first kappa shape index (κ1) is 17.6. The van der Waals surface area contributed by atoms with Gasteiger partial charge in [-0.15, -0.1) is 0 Å². The summed E-state index contributed by atoms with van der Waals surface area (Å²) in [6.45, 7) is 4.72. The number of amides is 2. The number of benzene rings is 1. The van der Waals surface area contributed by atoms with Gasteiger partial charge < -0.3 is 10.1 Å². The average Bonchev–Trinajstić information content (AvgIpc) is 3.20. The third-order valence-electron chi connectivity index (χ3n) is 5.29. The van der Waals surface area contributed by atoms with Crippen molar-refractivity contribution in [3.8, 4) is 11.3 Å². The van der Waals surface area contributed by atoms with Crippen LogP contribution in [0, 0.1) is 0 Å². The molecule has 2 aliphatic rings. The SMILES string of the molecule is CCNC(=O)[C@H]1CN(c2ccc3c(c2)CCCc2c-3n[nH]c2CC)C(=O)O1. The van der Waals surface area contributed by atoms with Crippen molar-refractivity contribution in [1.82, 2.24) is 15.5 Å². The average molecular weight is 368 g/mol. The number of rotatable bonds is 4. The molecule has 2 heterocycles. The molecule has 1 atom stereocenters. The van der Waals surface area contributed by atoms with E-state index in [1.54, 1.807) is 0 Å². The Hall–Kier alpha value is -2.83. The van der Waals surface area contributed by atoms with Crippen LogP contribution in [-0.2, 0) is 28.8 Å². The molecule has 0 bridgehead atoms. The molecule has 142 valence electrons. The molecule has 0 saturated carbocycles.